The fourth-order valence-electron chi connectivity index (χ4n) is 11.1. The molecule has 1 aliphatic rings. The van der Waals surface area contributed by atoms with Crippen molar-refractivity contribution in [3.63, 3.8) is 0 Å². The molecule has 25 nitrogen and oxygen atoms in total. The molecule has 0 bridgehead atoms. The van der Waals surface area contributed by atoms with E-state index in [0.717, 1.165) is 16.8 Å². The zero-order chi connectivity index (χ0) is 68.4. The molecule has 2 unspecified atom stereocenters. The van der Waals surface area contributed by atoms with Crippen LogP contribution in [0.25, 0.3) is 0 Å². The van der Waals surface area contributed by atoms with E-state index in [4.69, 9.17) is 0 Å². The molecule has 25 heteroatoms. The molecule has 1 rings (SSSR count). The number of amides is 11. The molecule has 6 N–H and O–H groups in total. The number of hydrogen-bond donors (Lipinski definition) is 6. The number of nitrogens with one attached hydrogen (secondary N) is 4. The summed E-state index contributed by atoms with van der Waals surface area (Å²) in [6.07, 6.45) is 2.56. The summed E-state index contributed by atoms with van der Waals surface area (Å²) in [6, 6.07) is -15.8. The summed E-state index contributed by atoms with van der Waals surface area (Å²) in [4.78, 5) is 182. The highest BCUT2D eigenvalue weighted by molar-refractivity contribution is 6.06. The molecule has 0 aliphatic carbocycles. The molecule has 0 saturated carbocycles. The van der Waals surface area contributed by atoms with Gasteiger partial charge in [-0.15, -0.1) is 0 Å². The Morgan fingerprint density at radius 2 is 0.909 bits per heavy atom. The minimum Gasteiger partial charge on any atom is -0.479 e. The van der Waals surface area contributed by atoms with Crippen molar-refractivity contribution in [1.29, 1.82) is 0 Å². The Kier molecular flexibility index (Phi) is 32.0. The van der Waals surface area contributed by atoms with Crippen molar-refractivity contribution >= 4 is 70.9 Å². The maximum atomic E-state index is 15.2. The van der Waals surface area contributed by atoms with Gasteiger partial charge in [0.1, 0.15) is 60.4 Å². The number of hydrogen-bond acceptors (Lipinski definition) is 13. The van der Waals surface area contributed by atoms with E-state index < -0.39 is 167 Å². The largest absolute Gasteiger partial charge is 0.479 e. The summed E-state index contributed by atoms with van der Waals surface area (Å²) < 4.78 is 0. The predicted octanol–water partition coefficient (Wildman–Crippen LogP) is 2.72. The van der Waals surface area contributed by atoms with E-state index in [1.165, 1.54) is 82.7 Å². The van der Waals surface area contributed by atoms with Gasteiger partial charge in [0.25, 0.3) is 5.91 Å². The van der Waals surface area contributed by atoms with Crippen LogP contribution in [0.4, 0.5) is 0 Å². The first-order valence-corrected chi connectivity index (χ1v) is 31.2. The number of allylic oxidation sites excluding steroid dienone is 2. The van der Waals surface area contributed by atoms with Crippen molar-refractivity contribution < 1.29 is 67.7 Å². The van der Waals surface area contributed by atoms with Gasteiger partial charge in [0.15, 0.2) is 0 Å². The smallest absolute Gasteiger partial charge is 0.336 e. The Morgan fingerprint density at radius 3 is 1.35 bits per heavy atom. The van der Waals surface area contributed by atoms with Crippen molar-refractivity contribution in [2.45, 2.75) is 229 Å². The Labute approximate surface area is 524 Å². The number of aliphatic carboxylic acids is 1. The number of likely N-dealkylation sites (N-methyl/N-ethyl adjacent to an activating group) is 7. The van der Waals surface area contributed by atoms with E-state index in [0.29, 0.717) is 4.90 Å². The molecule has 0 aromatic heterocycles. The van der Waals surface area contributed by atoms with Gasteiger partial charge in [-0.3, -0.25) is 52.7 Å². The topological polar surface area (TPSA) is 316 Å². The molecule has 0 aromatic rings. The summed E-state index contributed by atoms with van der Waals surface area (Å²) in [6.45, 7) is 28.9. The van der Waals surface area contributed by atoms with E-state index in [1.54, 1.807) is 67.5 Å². The maximum absolute atomic E-state index is 15.2. The number of aliphatic hydroxyl groups is 1. The lowest BCUT2D eigenvalue weighted by Crippen LogP contribution is -2.64. The van der Waals surface area contributed by atoms with E-state index in [1.807, 2.05) is 41.5 Å². The van der Waals surface area contributed by atoms with Gasteiger partial charge in [-0.05, 0) is 94.3 Å². The molecule has 11 amide bonds. The maximum Gasteiger partial charge on any atom is 0.336 e. The molecule has 1 fully saturated rings. The predicted molar refractivity (Wildman–Crippen MR) is 335 cm³/mol. The first kappa shape index (κ1) is 79.4. The van der Waals surface area contributed by atoms with Crippen LogP contribution in [0, 0.1) is 41.4 Å². The van der Waals surface area contributed by atoms with Crippen LogP contribution < -0.4 is 21.3 Å². The van der Waals surface area contributed by atoms with Crippen LogP contribution in [0.5, 0.6) is 0 Å². The summed E-state index contributed by atoms with van der Waals surface area (Å²) in [7, 11) is 9.15. The quantitative estimate of drug-likeness (QED) is 0.0957. The molecule has 0 aromatic carbocycles. The van der Waals surface area contributed by atoms with Crippen molar-refractivity contribution in [1.82, 2.24) is 55.6 Å². The van der Waals surface area contributed by atoms with Crippen molar-refractivity contribution in [3.05, 3.63) is 12.2 Å². The van der Waals surface area contributed by atoms with Gasteiger partial charge in [-0.25, -0.2) is 4.79 Å². The van der Waals surface area contributed by atoms with Gasteiger partial charge in [0.2, 0.25) is 65.1 Å². The highest BCUT2D eigenvalue weighted by Crippen LogP contribution is 2.26. The fraction of sp³-hybridized carbons (Fsp3) is 0.778. The molecule has 0 spiro atoms. The van der Waals surface area contributed by atoms with E-state index >= 15 is 9.59 Å². The van der Waals surface area contributed by atoms with Gasteiger partial charge in [0.05, 0.1) is 6.10 Å². The third-order valence-corrected chi connectivity index (χ3v) is 16.9. The monoisotopic (exact) mass is 1250 g/mol. The van der Waals surface area contributed by atoms with E-state index in [2.05, 4.69) is 21.3 Å². The number of nitrogens with zero attached hydrogens (tertiary/aromatic N) is 7. The molecule has 1 saturated heterocycles. The van der Waals surface area contributed by atoms with Crippen LogP contribution in [-0.4, -0.2) is 237 Å². The Balaban J connectivity index is 4.47. The second-order valence-electron chi connectivity index (χ2n) is 26.2. The molecule has 14 atom stereocenters. The minimum absolute atomic E-state index is 0.102. The lowest BCUT2D eigenvalue weighted by Gasteiger charge is -2.41. The molecule has 1 aliphatic heterocycles. The van der Waals surface area contributed by atoms with Gasteiger partial charge in [-0.2, -0.15) is 0 Å². The molecule has 88 heavy (non-hydrogen) atoms. The third-order valence-electron chi connectivity index (χ3n) is 16.9. The minimum atomic E-state index is -2.28. The van der Waals surface area contributed by atoms with Crippen molar-refractivity contribution in [2.75, 3.05) is 49.3 Å². The Hall–Kier alpha value is -6.66. The number of carboxylic acids is 1. The average molecular weight is 1250 g/mol. The zero-order valence-corrected chi connectivity index (χ0v) is 57.3. The van der Waals surface area contributed by atoms with Crippen molar-refractivity contribution in [3.8, 4) is 0 Å². The molecule has 1 heterocycles. The lowest BCUT2D eigenvalue weighted by atomic mass is 9.91. The lowest BCUT2D eigenvalue weighted by molar-refractivity contribution is -0.161. The SMILES string of the molecule is CC=CC[C@@H](C)[C@@H](O)[C@H]1C(=O)N[C@@H](CC)C(=O)N(C)C(C(=O)O)C(=O)N(C)[C@@H](C(C)CC)C(=O)N[C@@H](C(C)C)C(=O)N(C)[C@@H](CC(C)C)C(=O)N[C@@H](C)C(=O)N[C@H](C)C(=O)N(C)[C@@H](CC(C)C)C(=O)N(C)[C@@H](CC(C)C)C(=O)N(C)[C@@H](C(C)C)C(=O)N1C. The zero-order valence-electron chi connectivity index (χ0n) is 57.3. The standard InChI is InChI=1S/C63H111N11O14/c1-25-28-29-39(15)51(75)49-55(79)66-42(27-3)57(81)74(24)50(63(87)88)62(86)72(22)48(38(14)26-2)54(78)67-46(36(10)11)60(84)68(18)43(30-33(4)5)53(77)64-40(16)52(76)65-41(17)56(80)69(19)44(31-34(6)7)58(82)70(20)45(32-35(8)9)59(83)71(21)47(37(12)13)61(85)73(49)23/h25,28,33-51,75H,26-27,29-32H2,1-24H3,(H,64,77)(H,65,76)(H,66,79)(H,67,78)(H,87,88)/t38?,39-,40+,41-,42+,43+,44+,45+,46+,47+,48+,49+,50?,51-/m1/s1. The summed E-state index contributed by atoms with van der Waals surface area (Å²) in [5.74, 6) is -14.0. The summed E-state index contributed by atoms with van der Waals surface area (Å²) >= 11 is 0. The Morgan fingerprint density at radius 1 is 0.477 bits per heavy atom. The first-order chi connectivity index (χ1) is 40.6. The van der Waals surface area contributed by atoms with Gasteiger partial charge in [-0.1, -0.05) is 116 Å². The van der Waals surface area contributed by atoms with Gasteiger partial charge < -0.3 is 65.8 Å². The van der Waals surface area contributed by atoms with E-state index in [9.17, 15) is 58.2 Å². The third kappa shape index (κ3) is 20.7. The number of carbonyl (C=O) groups excluding carboxylic acids is 11. The molecular formula is C63H111N11O14. The highest BCUT2D eigenvalue weighted by Gasteiger charge is 2.47. The van der Waals surface area contributed by atoms with Crippen LogP contribution in [0.3, 0.4) is 0 Å². The van der Waals surface area contributed by atoms with Crippen LogP contribution in [-0.2, 0) is 57.5 Å². The summed E-state index contributed by atoms with van der Waals surface area (Å²) in [5.41, 5.74) is 0. The van der Waals surface area contributed by atoms with Gasteiger partial charge in [0, 0.05) is 49.3 Å². The van der Waals surface area contributed by atoms with Crippen LogP contribution in [0.2, 0.25) is 0 Å². The number of aliphatic hydroxyl groups excluding tert-OH is 1. The number of carbonyl (C=O) groups is 12. The van der Waals surface area contributed by atoms with Crippen LogP contribution in [0.1, 0.15) is 156 Å². The summed E-state index contributed by atoms with van der Waals surface area (Å²) in [5, 5.41) is 33.6. The second-order valence-corrected chi connectivity index (χ2v) is 26.2. The van der Waals surface area contributed by atoms with Gasteiger partial charge >= 0.3 is 5.97 Å². The average Bonchev–Trinajstić information content (AvgIpc) is 3.12. The number of rotatable bonds is 16. The highest BCUT2D eigenvalue weighted by atomic mass is 16.4. The van der Waals surface area contributed by atoms with Crippen molar-refractivity contribution in [2.24, 2.45) is 41.4 Å². The molecular weight excluding hydrogens is 1130 g/mol. The number of carboxylic acid groups (broad SMARTS) is 1. The van der Waals surface area contributed by atoms with Crippen LogP contribution >= 0.6 is 0 Å². The fourth-order valence-corrected chi connectivity index (χ4v) is 11.1. The second kappa shape index (κ2) is 35.5. The molecule has 0 radical (unpaired) electrons. The van der Waals surface area contributed by atoms with E-state index in [-0.39, 0.29) is 56.3 Å². The molecule has 502 valence electrons. The normalized spacial score (nSPS) is 27.5. The first-order valence-electron chi connectivity index (χ1n) is 31.2. The van der Waals surface area contributed by atoms with Crippen LogP contribution in [0.15, 0.2) is 12.2 Å². The Bertz CT molecular complexity index is 2470.